The lowest BCUT2D eigenvalue weighted by atomic mass is 9.94. The molecule has 1 saturated heterocycles. The normalized spacial score (nSPS) is 23.5. The first-order valence-electron chi connectivity index (χ1n) is 4.15. The zero-order chi connectivity index (χ0) is 8.10. The number of alkyl halides is 1. The highest BCUT2D eigenvalue weighted by atomic mass is 19.1. The standard InChI is InChI=1S/C8H15FO2/c9-8(6-10)5-7-1-3-11-4-2-7/h7-8,10H,1-6H2/t8-/m1/s1. The molecule has 0 aliphatic carbocycles. The highest BCUT2D eigenvalue weighted by Crippen LogP contribution is 2.20. The summed E-state index contributed by atoms with van der Waals surface area (Å²) in [6.07, 6.45) is 1.36. The van der Waals surface area contributed by atoms with Crippen LogP contribution < -0.4 is 0 Å². The maximum Gasteiger partial charge on any atom is 0.123 e. The van der Waals surface area contributed by atoms with E-state index in [4.69, 9.17) is 9.84 Å². The van der Waals surface area contributed by atoms with Gasteiger partial charge in [-0.15, -0.1) is 0 Å². The van der Waals surface area contributed by atoms with Gasteiger partial charge in [0.25, 0.3) is 0 Å². The predicted octanol–water partition coefficient (Wildman–Crippen LogP) is 1.13. The third-order valence-electron chi connectivity index (χ3n) is 2.13. The van der Waals surface area contributed by atoms with E-state index in [1.807, 2.05) is 0 Å². The third-order valence-corrected chi connectivity index (χ3v) is 2.13. The van der Waals surface area contributed by atoms with Crippen molar-refractivity contribution >= 4 is 0 Å². The van der Waals surface area contributed by atoms with Crippen molar-refractivity contribution in [3.8, 4) is 0 Å². The van der Waals surface area contributed by atoms with Crippen LogP contribution in [-0.4, -0.2) is 31.1 Å². The average molecular weight is 162 g/mol. The third kappa shape index (κ3) is 3.16. The molecule has 0 aromatic heterocycles. The van der Waals surface area contributed by atoms with Gasteiger partial charge < -0.3 is 9.84 Å². The Morgan fingerprint density at radius 2 is 2.09 bits per heavy atom. The summed E-state index contributed by atoms with van der Waals surface area (Å²) in [6, 6.07) is 0. The molecule has 0 spiro atoms. The molecular weight excluding hydrogens is 147 g/mol. The van der Waals surface area contributed by atoms with Gasteiger partial charge in [0.1, 0.15) is 6.17 Å². The fourth-order valence-electron chi connectivity index (χ4n) is 1.42. The lowest BCUT2D eigenvalue weighted by Gasteiger charge is -2.22. The second-order valence-corrected chi connectivity index (χ2v) is 3.07. The number of ether oxygens (including phenoxy) is 1. The molecule has 1 atom stereocenters. The second-order valence-electron chi connectivity index (χ2n) is 3.07. The smallest absolute Gasteiger partial charge is 0.123 e. The predicted molar refractivity (Wildman–Crippen MR) is 40.1 cm³/mol. The Morgan fingerprint density at radius 1 is 1.45 bits per heavy atom. The summed E-state index contributed by atoms with van der Waals surface area (Å²) in [6.45, 7) is 1.17. The van der Waals surface area contributed by atoms with Crippen molar-refractivity contribution in [2.24, 2.45) is 5.92 Å². The van der Waals surface area contributed by atoms with E-state index in [-0.39, 0.29) is 6.61 Å². The summed E-state index contributed by atoms with van der Waals surface area (Å²) in [5.41, 5.74) is 0. The van der Waals surface area contributed by atoms with E-state index in [0.29, 0.717) is 12.3 Å². The number of aliphatic hydroxyl groups excluding tert-OH is 1. The molecular formula is C8H15FO2. The minimum atomic E-state index is -1.03. The molecule has 0 amide bonds. The van der Waals surface area contributed by atoms with Crippen molar-refractivity contribution < 1.29 is 14.2 Å². The molecule has 0 bridgehead atoms. The Morgan fingerprint density at radius 3 is 2.64 bits per heavy atom. The topological polar surface area (TPSA) is 29.5 Å². The maximum atomic E-state index is 12.6. The average Bonchev–Trinajstić information content (AvgIpc) is 2.06. The van der Waals surface area contributed by atoms with Crippen LogP contribution in [-0.2, 0) is 4.74 Å². The lowest BCUT2D eigenvalue weighted by Crippen LogP contribution is -2.20. The summed E-state index contributed by atoms with van der Waals surface area (Å²) < 4.78 is 17.8. The summed E-state index contributed by atoms with van der Waals surface area (Å²) in [4.78, 5) is 0. The molecule has 1 fully saturated rings. The molecule has 0 saturated carbocycles. The molecule has 1 aliphatic heterocycles. The van der Waals surface area contributed by atoms with E-state index in [2.05, 4.69) is 0 Å². The number of aliphatic hydroxyl groups is 1. The monoisotopic (exact) mass is 162 g/mol. The fourth-order valence-corrected chi connectivity index (χ4v) is 1.42. The van der Waals surface area contributed by atoms with Crippen LogP contribution in [0.3, 0.4) is 0 Å². The number of halogens is 1. The zero-order valence-electron chi connectivity index (χ0n) is 6.63. The summed E-state index contributed by atoms with van der Waals surface area (Å²) in [5, 5.41) is 8.46. The first-order chi connectivity index (χ1) is 5.33. The van der Waals surface area contributed by atoms with Gasteiger partial charge in [-0.25, -0.2) is 4.39 Å². The molecule has 1 heterocycles. The Hall–Kier alpha value is -0.150. The number of rotatable bonds is 3. The summed E-state index contributed by atoms with van der Waals surface area (Å²) in [5.74, 6) is 0.422. The Balaban J connectivity index is 2.13. The molecule has 0 radical (unpaired) electrons. The van der Waals surface area contributed by atoms with Crippen molar-refractivity contribution in [3.05, 3.63) is 0 Å². The summed E-state index contributed by atoms with van der Waals surface area (Å²) in [7, 11) is 0. The molecule has 11 heavy (non-hydrogen) atoms. The van der Waals surface area contributed by atoms with Crippen molar-refractivity contribution in [3.63, 3.8) is 0 Å². The SMILES string of the molecule is OC[C@H](F)CC1CCOCC1. The number of hydrogen-bond donors (Lipinski definition) is 1. The molecule has 3 heteroatoms. The van der Waals surface area contributed by atoms with E-state index in [1.54, 1.807) is 0 Å². The highest BCUT2D eigenvalue weighted by Gasteiger charge is 2.17. The van der Waals surface area contributed by atoms with Gasteiger partial charge in [0.2, 0.25) is 0 Å². The van der Waals surface area contributed by atoms with Crippen LogP contribution in [0, 0.1) is 5.92 Å². The van der Waals surface area contributed by atoms with Crippen molar-refractivity contribution in [1.29, 1.82) is 0 Å². The Kier molecular flexibility index (Phi) is 3.80. The quantitative estimate of drug-likeness (QED) is 0.674. The molecule has 1 aliphatic rings. The van der Waals surface area contributed by atoms with Gasteiger partial charge in [0.05, 0.1) is 6.61 Å². The molecule has 1 rings (SSSR count). The van der Waals surface area contributed by atoms with Crippen LogP contribution in [0.4, 0.5) is 4.39 Å². The minimum Gasteiger partial charge on any atom is -0.393 e. The largest absolute Gasteiger partial charge is 0.393 e. The minimum absolute atomic E-state index is 0.336. The molecule has 1 N–H and O–H groups in total. The van der Waals surface area contributed by atoms with Gasteiger partial charge in [0, 0.05) is 13.2 Å². The van der Waals surface area contributed by atoms with E-state index < -0.39 is 6.17 Å². The molecule has 0 aromatic rings. The van der Waals surface area contributed by atoms with Gasteiger partial charge >= 0.3 is 0 Å². The summed E-state index contributed by atoms with van der Waals surface area (Å²) >= 11 is 0. The van der Waals surface area contributed by atoms with E-state index in [1.165, 1.54) is 0 Å². The van der Waals surface area contributed by atoms with E-state index >= 15 is 0 Å². The van der Waals surface area contributed by atoms with Crippen LogP contribution in [0.15, 0.2) is 0 Å². The Bertz CT molecular complexity index is 102. The van der Waals surface area contributed by atoms with E-state index in [0.717, 1.165) is 26.1 Å². The van der Waals surface area contributed by atoms with Crippen LogP contribution in [0.25, 0.3) is 0 Å². The van der Waals surface area contributed by atoms with Crippen LogP contribution in [0.2, 0.25) is 0 Å². The molecule has 66 valence electrons. The molecule has 2 nitrogen and oxygen atoms in total. The van der Waals surface area contributed by atoms with Gasteiger partial charge in [-0.3, -0.25) is 0 Å². The van der Waals surface area contributed by atoms with Crippen LogP contribution in [0.1, 0.15) is 19.3 Å². The maximum absolute atomic E-state index is 12.6. The Labute approximate surface area is 66.4 Å². The first-order valence-corrected chi connectivity index (χ1v) is 4.15. The molecule has 0 unspecified atom stereocenters. The van der Waals surface area contributed by atoms with Crippen LogP contribution in [0.5, 0.6) is 0 Å². The van der Waals surface area contributed by atoms with E-state index in [9.17, 15) is 4.39 Å². The van der Waals surface area contributed by atoms with Crippen LogP contribution >= 0.6 is 0 Å². The molecule has 0 aromatic carbocycles. The van der Waals surface area contributed by atoms with Crippen molar-refractivity contribution in [2.75, 3.05) is 19.8 Å². The van der Waals surface area contributed by atoms with Gasteiger partial charge in [-0.05, 0) is 25.2 Å². The zero-order valence-corrected chi connectivity index (χ0v) is 6.63. The van der Waals surface area contributed by atoms with Crippen molar-refractivity contribution in [2.45, 2.75) is 25.4 Å². The van der Waals surface area contributed by atoms with Gasteiger partial charge in [-0.2, -0.15) is 0 Å². The number of hydrogen-bond acceptors (Lipinski definition) is 2. The highest BCUT2D eigenvalue weighted by molar-refractivity contribution is 4.67. The second kappa shape index (κ2) is 4.67. The first kappa shape index (κ1) is 8.94. The van der Waals surface area contributed by atoms with Gasteiger partial charge in [-0.1, -0.05) is 0 Å². The fraction of sp³-hybridized carbons (Fsp3) is 1.00. The van der Waals surface area contributed by atoms with Gasteiger partial charge in [0.15, 0.2) is 0 Å². The van der Waals surface area contributed by atoms with Crippen molar-refractivity contribution in [1.82, 2.24) is 0 Å². The lowest BCUT2D eigenvalue weighted by molar-refractivity contribution is 0.0489.